The van der Waals surface area contributed by atoms with Gasteiger partial charge in [-0.2, -0.15) is 0 Å². The fourth-order valence-electron chi connectivity index (χ4n) is 3.56. The molecule has 30 heavy (non-hydrogen) atoms. The van der Waals surface area contributed by atoms with Crippen LogP contribution >= 0.6 is 0 Å². The highest BCUT2D eigenvalue weighted by Crippen LogP contribution is 2.42. The van der Waals surface area contributed by atoms with Gasteiger partial charge in [0.2, 0.25) is 0 Å². The van der Waals surface area contributed by atoms with E-state index in [4.69, 9.17) is 0 Å². The van der Waals surface area contributed by atoms with Gasteiger partial charge >= 0.3 is 0 Å². The number of nitrogens with zero attached hydrogens (tertiary/aromatic N) is 1. The van der Waals surface area contributed by atoms with Crippen LogP contribution in [0, 0.1) is 18.6 Å². The molecular weight excluding hydrogens is 388 g/mol. The minimum absolute atomic E-state index is 0.0506. The van der Waals surface area contributed by atoms with Gasteiger partial charge in [-0.15, -0.1) is 0 Å². The molecular formula is C24H17F2NO3. The molecule has 1 amide bonds. The molecule has 0 aliphatic carbocycles. The maximum atomic E-state index is 14.7. The number of aryl methyl sites for hydroxylation is 1. The molecule has 3 aromatic rings. The second-order valence-electron chi connectivity index (χ2n) is 7.03. The van der Waals surface area contributed by atoms with E-state index in [1.165, 1.54) is 30.3 Å². The van der Waals surface area contributed by atoms with E-state index in [1.807, 2.05) is 6.92 Å². The fourth-order valence-corrected chi connectivity index (χ4v) is 3.56. The number of aliphatic hydroxyl groups excluding tert-OH is 1. The summed E-state index contributed by atoms with van der Waals surface area (Å²) in [6, 6.07) is 16.2. The molecule has 1 atom stereocenters. The highest BCUT2D eigenvalue weighted by atomic mass is 19.1. The summed E-state index contributed by atoms with van der Waals surface area (Å²) in [4.78, 5) is 26.9. The Morgan fingerprint density at radius 3 is 2.17 bits per heavy atom. The van der Waals surface area contributed by atoms with Gasteiger partial charge in [-0.1, -0.05) is 48.0 Å². The summed E-state index contributed by atoms with van der Waals surface area (Å²) in [6.07, 6.45) is 0. The first-order valence-electron chi connectivity index (χ1n) is 9.26. The van der Waals surface area contributed by atoms with Gasteiger partial charge in [0.25, 0.3) is 11.7 Å². The van der Waals surface area contributed by atoms with Crippen molar-refractivity contribution in [1.29, 1.82) is 0 Å². The number of rotatable bonds is 3. The van der Waals surface area contributed by atoms with Crippen molar-refractivity contribution in [2.45, 2.75) is 13.0 Å². The van der Waals surface area contributed by atoms with Crippen LogP contribution in [0.2, 0.25) is 0 Å². The van der Waals surface area contributed by atoms with Gasteiger partial charge in [-0.3, -0.25) is 14.5 Å². The Bertz CT molecular complexity index is 1170. The van der Waals surface area contributed by atoms with E-state index in [1.54, 1.807) is 30.3 Å². The molecule has 3 aromatic carbocycles. The SMILES string of the molecule is Cc1ccc(/C(O)=C2\C(=O)C(=O)N(c3ccc(F)cc3)[C@H]2c2ccccc2F)cc1. The van der Waals surface area contributed by atoms with Crippen molar-refractivity contribution in [3.8, 4) is 0 Å². The number of anilines is 1. The van der Waals surface area contributed by atoms with Gasteiger partial charge in [0.05, 0.1) is 11.6 Å². The lowest BCUT2D eigenvalue weighted by molar-refractivity contribution is -0.132. The van der Waals surface area contributed by atoms with Gasteiger partial charge in [0, 0.05) is 16.8 Å². The van der Waals surface area contributed by atoms with Crippen molar-refractivity contribution in [3.05, 3.63) is 107 Å². The van der Waals surface area contributed by atoms with Crippen LogP contribution in [0.3, 0.4) is 0 Å². The molecule has 1 aliphatic rings. The zero-order chi connectivity index (χ0) is 21.4. The van der Waals surface area contributed by atoms with Crippen LogP contribution < -0.4 is 4.90 Å². The maximum Gasteiger partial charge on any atom is 0.300 e. The molecule has 0 aromatic heterocycles. The quantitative estimate of drug-likeness (QED) is 0.383. The van der Waals surface area contributed by atoms with Crippen LogP contribution in [-0.2, 0) is 9.59 Å². The molecule has 4 rings (SSSR count). The van der Waals surface area contributed by atoms with Crippen molar-refractivity contribution in [3.63, 3.8) is 0 Å². The minimum atomic E-state index is -1.20. The van der Waals surface area contributed by atoms with E-state index in [2.05, 4.69) is 0 Å². The molecule has 0 unspecified atom stereocenters. The molecule has 1 fully saturated rings. The second kappa shape index (κ2) is 7.55. The highest BCUT2D eigenvalue weighted by Gasteiger charge is 2.47. The zero-order valence-corrected chi connectivity index (χ0v) is 16.0. The Balaban J connectivity index is 1.96. The first kappa shape index (κ1) is 19.5. The van der Waals surface area contributed by atoms with Crippen LogP contribution in [0.1, 0.15) is 22.7 Å². The smallest absolute Gasteiger partial charge is 0.300 e. The Hall–Kier alpha value is -3.80. The van der Waals surface area contributed by atoms with Crippen molar-refractivity contribution < 1.29 is 23.5 Å². The topological polar surface area (TPSA) is 57.6 Å². The van der Waals surface area contributed by atoms with E-state index < -0.39 is 35.1 Å². The number of ketones is 1. The zero-order valence-electron chi connectivity index (χ0n) is 16.0. The lowest BCUT2D eigenvalue weighted by Gasteiger charge is -2.25. The van der Waals surface area contributed by atoms with Crippen molar-refractivity contribution in [2.75, 3.05) is 4.90 Å². The molecule has 1 N–H and O–H groups in total. The summed E-state index contributed by atoms with van der Waals surface area (Å²) >= 11 is 0. The van der Waals surface area contributed by atoms with Crippen LogP contribution in [0.25, 0.3) is 5.76 Å². The molecule has 150 valence electrons. The number of benzene rings is 3. The van der Waals surface area contributed by atoms with Gasteiger partial charge in [-0.05, 0) is 37.3 Å². The molecule has 1 saturated heterocycles. The molecule has 6 heteroatoms. The standard InChI is InChI=1S/C24H17F2NO3/c1-14-6-8-15(9-7-14)22(28)20-21(18-4-2-3-5-19(18)26)27(24(30)23(20)29)17-12-10-16(25)11-13-17/h2-13,21,28H,1H3/b22-20+/t21-/m0/s1. The highest BCUT2D eigenvalue weighted by molar-refractivity contribution is 6.51. The summed E-state index contributed by atoms with van der Waals surface area (Å²) in [6.45, 7) is 1.87. The largest absolute Gasteiger partial charge is 0.507 e. The first-order valence-corrected chi connectivity index (χ1v) is 9.26. The second-order valence-corrected chi connectivity index (χ2v) is 7.03. The van der Waals surface area contributed by atoms with E-state index in [0.29, 0.717) is 5.56 Å². The number of aliphatic hydroxyl groups is 1. The average Bonchev–Trinajstić information content (AvgIpc) is 3.00. The number of carbonyl (C=O) groups excluding carboxylic acids is 2. The van der Waals surface area contributed by atoms with E-state index >= 15 is 0 Å². The van der Waals surface area contributed by atoms with Crippen LogP contribution in [-0.4, -0.2) is 16.8 Å². The average molecular weight is 405 g/mol. The summed E-state index contributed by atoms with van der Waals surface area (Å²) in [5, 5.41) is 10.9. The number of amides is 1. The number of Topliss-reactive ketones (excluding diaryl/α,β-unsaturated/α-hetero) is 1. The number of hydrogen-bond acceptors (Lipinski definition) is 3. The lowest BCUT2D eigenvalue weighted by atomic mass is 9.94. The summed E-state index contributed by atoms with van der Waals surface area (Å²) < 4.78 is 28.1. The fraction of sp³-hybridized carbons (Fsp3) is 0.0833. The molecule has 0 saturated carbocycles. The lowest BCUT2D eigenvalue weighted by Crippen LogP contribution is -2.29. The third-order valence-corrected chi connectivity index (χ3v) is 5.07. The molecule has 0 bridgehead atoms. The number of halogens is 2. The Labute approximate surface area is 171 Å². The van der Waals surface area contributed by atoms with E-state index in [-0.39, 0.29) is 16.8 Å². The monoisotopic (exact) mass is 405 g/mol. The summed E-state index contributed by atoms with van der Waals surface area (Å²) in [5.41, 5.74) is 1.32. The van der Waals surface area contributed by atoms with E-state index in [0.717, 1.165) is 22.6 Å². The van der Waals surface area contributed by atoms with Gasteiger partial charge in [0.15, 0.2) is 0 Å². The van der Waals surface area contributed by atoms with Crippen LogP contribution in [0.15, 0.2) is 78.4 Å². The minimum Gasteiger partial charge on any atom is -0.507 e. The Morgan fingerprint density at radius 1 is 0.900 bits per heavy atom. The molecule has 4 nitrogen and oxygen atoms in total. The first-order chi connectivity index (χ1) is 14.4. The molecule has 1 heterocycles. The maximum absolute atomic E-state index is 14.7. The van der Waals surface area contributed by atoms with Crippen molar-refractivity contribution in [2.24, 2.45) is 0 Å². The predicted molar refractivity (Wildman–Crippen MR) is 109 cm³/mol. The number of carbonyl (C=O) groups is 2. The molecule has 0 radical (unpaired) electrons. The van der Waals surface area contributed by atoms with Crippen molar-refractivity contribution >= 4 is 23.1 Å². The third-order valence-electron chi connectivity index (χ3n) is 5.07. The van der Waals surface area contributed by atoms with Gasteiger partial charge in [-0.25, -0.2) is 8.78 Å². The molecule has 1 aliphatic heterocycles. The van der Waals surface area contributed by atoms with Crippen molar-refractivity contribution in [1.82, 2.24) is 0 Å². The van der Waals surface area contributed by atoms with Gasteiger partial charge in [0.1, 0.15) is 17.4 Å². The number of hydrogen-bond donors (Lipinski definition) is 1. The molecule has 0 spiro atoms. The summed E-state index contributed by atoms with van der Waals surface area (Å²) in [7, 11) is 0. The predicted octanol–water partition coefficient (Wildman–Crippen LogP) is 4.90. The normalized spacial score (nSPS) is 18.1. The Kier molecular flexibility index (Phi) is 4.91. The van der Waals surface area contributed by atoms with Gasteiger partial charge < -0.3 is 5.11 Å². The van der Waals surface area contributed by atoms with Crippen LogP contribution in [0.5, 0.6) is 0 Å². The summed E-state index contributed by atoms with van der Waals surface area (Å²) in [5.74, 6) is -3.41. The van der Waals surface area contributed by atoms with E-state index in [9.17, 15) is 23.5 Å². The Morgan fingerprint density at radius 2 is 1.53 bits per heavy atom. The van der Waals surface area contributed by atoms with Crippen LogP contribution in [0.4, 0.5) is 14.5 Å². The third kappa shape index (κ3) is 3.26.